The minimum absolute atomic E-state index is 0.110. The molecule has 1 amide bonds. The molecule has 0 aromatic heterocycles. The van der Waals surface area contributed by atoms with Gasteiger partial charge in [-0.25, -0.2) is 5.01 Å². The standard InChI is InChI=1S/C10H23N3O/c1-5-8-12(4)13(9(2)3)10(14)6-7-11/h9H,5-8,11H2,1-4H3. The summed E-state index contributed by atoms with van der Waals surface area (Å²) in [7, 11) is 1.94. The fourth-order valence-electron chi connectivity index (χ4n) is 1.54. The van der Waals surface area contributed by atoms with Crippen molar-refractivity contribution < 1.29 is 4.79 Å². The van der Waals surface area contributed by atoms with Crippen molar-refractivity contribution in [1.29, 1.82) is 0 Å². The van der Waals surface area contributed by atoms with Crippen LogP contribution >= 0.6 is 0 Å². The van der Waals surface area contributed by atoms with Gasteiger partial charge in [-0.2, -0.15) is 0 Å². The topological polar surface area (TPSA) is 49.6 Å². The van der Waals surface area contributed by atoms with E-state index in [4.69, 9.17) is 5.73 Å². The van der Waals surface area contributed by atoms with E-state index in [1.54, 1.807) is 5.01 Å². The third-order valence-corrected chi connectivity index (χ3v) is 2.02. The number of nitrogens with zero attached hydrogens (tertiary/aromatic N) is 2. The average Bonchev–Trinajstić information content (AvgIpc) is 2.04. The van der Waals surface area contributed by atoms with E-state index < -0.39 is 0 Å². The quantitative estimate of drug-likeness (QED) is 0.648. The van der Waals surface area contributed by atoms with E-state index >= 15 is 0 Å². The summed E-state index contributed by atoms with van der Waals surface area (Å²) in [5.41, 5.74) is 5.38. The second-order valence-corrected chi connectivity index (χ2v) is 3.75. The van der Waals surface area contributed by atoms with E-state index in [1.807, 2.05) is 25.9 Å². The number of carbonyl (C=O) groups is 1. The van der Waals surface area contributed by atoms with E-state index in [-0.39, 0.29) is 11.9 Å². The zero-order valence-corrected chi connectivity index (χ0v) is 9.79. The monoisotopic (exact) mass is 201 g/mol. The molecule has 0 saturated heterocycles. The van der Waals surface area contributed by atoms with Crippen LogP contribution in [0.4, 0.5) is 0 Å². The van der Waals surface area contributed by atoms with Crippen molar-refractivity contribution in [1.82, 2.24) is 10.0 Å². The first-order valence-electron chi connectivity index (χ1n) is 5.27. The van der Waals surface area contributed by atoms with Gasteiger partial charge in [0, 0.05) is 32.6 Å². The van der Waals surface area contributed by atoms with Crippen molar-refractivity contribution in [3.63, 3.8) is 0 Å². The predicted molar refractivity (Wildman–Crippen MR) is 58.6 cm³/mol. The lowest BCUT2D eigenvalue weighted by Crippen LogP contribution is -2.49. The van der Waals surface area contributed by atoms with Gasteiger partial charge in [0.05, 0.1) is 0 Å². The first kappa shape index (κ1) is 13.4. The molecule has 0 aromatic carbocycles. The van der Waals surface area contributed by atoms with Crippen molar-refractivity contribution in [3.05, 3.63) is 0 Å². The highest BCUT2D eigenvalue weighted by Crippen LogP contribution is 2.05. The van der Waals surface area contributed by atoms with Gasteiger partial charge in [0.25, 0.3) is 0 Å². The molecular weight excluding hydrogens is 178 g/mol. The van der Waals surface area contributed by atoms with Crippen LogP contribution in [0.5, 0.6) is 0 Å². The Morgan fingerprint density at radius 2 is 2.00 bits per heavy atom. The number of nitrogens with two attached hydrogens (primary N) is 1. The van der Waals surface area contributed by atoms with Crippen LogP contribution < -0.4 is 5.73 Å². The summed E-state index contributed by atoms with van der Waals surface area (Å²) < 4.78 is 0. The maximum Gasteiger partial charge on any atom is 0.238 e. The van der Waals surface area contributed by atoms with Gasteiger partial charge in [-0.05, 0) is 20.3 Å². The van der Waals surface area contributed by atoms with Crippen LogP contribution in [0.3, 0.4) is 0 Å². The molecule has 0 spiro atoms. The van der Waals surface area contributed by atoms with Gasteiger partial charge < -0.3 is 5.73 Å². The van der Waals surface area contributed by atoms with Crippen LogP contribution in [-0.4, -0.2) is 42.1 Å². The summed E-state index contributed by atoms with van der Waals surface area (Å²) in [5, 5.41) is 3.76. The van der Waals surface area contributed by atoms with Crippen LogP contribution in [0.25, 0.3) is 0 Å². The lowest BCUT2D eigenvalue weighted by molar-refractivity contribution is -0.150. The normalized spacial score (nSPS) is 11.1. The molecule has 0 rings (SSSR count). The van der Waals surface area contributed by atoms with Gasteiger partial charge >= 0.3 is 0 Å². The Hall–Kier alpha value is -0.610. The van der Waals surface area contributed by atoms with Gasteiger partial charge in [-0.3, -0.25) is 9.80 Å². The van der Waals surface area contributed by atoms with E-state index in [9.17, 15) is 4.79 Å². The summed E-state index contributed by atoms with van der Waals surface area (Å²) >= 11 is 0. The maximum absolute atomic E-state index is 11.7. The molecule has 0 aromatic rings. The van der Waals surface area contributed by atoms with E-state index in [2.05, 4.69) is 6.92 Å². The Morgan fingerprint density at radius 1 is 1.43 bits per heavy atom. The summed E-state index contributed by atoms with van der Waals surface area (Å²) in [4.78, 5) is 11.7. The minimum Gasteiger partial charge on any atom is -0.330 e. The molecule has 84 valence electrons. The molecule has 0 aliphatic carbocycles. The zero-order chi connectivity index (χ0) is 11.1. The molecule has 0 saturated carbocycles. The molecule has 2 N–H and O–H groups in total. The highest BCUT2D eigenvalue weighted by molar-refractivity contribution is 5.76. The summed E-state index contributed by atoms with van der Waals surface area (Å²) in [6.07, 6.45) is 1.46. The summed E-state index contributed by atoms with van der Waals surface area (Å²) in [6.45, 7) is 7.44. The number of hydrazine groups is 1. The fraction of sp³-hybridized carbons (Fsp3) is 0.900. The fourth-order valence-corrected chi connectivity index (χ4v) is 1.54. The number of rotatable bonds is 6. The number of hydrogen-bond donors (Lipinski definition) is 1. The van der Waals surface area contributed by atoms with E-state index in [0.717, 1.165) is 13.0 Å². The molecule has 0 heterocycles. The van der Waals surface area contributed by atoms with E-state index in [1.165, 1.54) is 0 Å². The molecule has 0 atom stereocenters. The number of hydrogen-bond acceptors (Lipinski definition) is 3. The highest BCUT2D eigenvalue weighted by Gasteiger charge is 2.19. The van der Waals surface area contributed by atoms with Crippen molar-refractivity contribution >= 4 is 5.91 Å². The predicted octanol–water partition coefficient (Wildman–Crippen LogP) is 0.829. The van der Waals surface area contributed by atoms with Gasteiger partial charge in [0.1, 0.15) is 0 Å². The smallest absolute Gasteiger partial charge is 0.238 e. The third-order valence-electron chi connectivity index (χ3n) is 2.02. The lowest BCUT2D eigenvalue weighted by atomic mass is 10.3. The second-order valence-electron chi connectivity index (χ2n) is 3.75. The van der Waals surface area contributed by atoms with Gasteiger partial charge in [0.2, 0.25) is 5.91 Å². The number of amides is 1. The largest absolute Gasteiger partial charge is 0.330 e. The highest BCUT2D eigenvalue weighted by atomic mass is 16.2. The summed E-state index contributed by atoms with van der Waals surface area (Å²) in [5.74, 6) is 0.110. The zero-order valence-electron chi connectivity index (χ0n) is 9.79. The molecule has 4 nitrogen and oxygen atoms in total. The molecule has 0 aliphatic rings. The third kappa shape index (κ3) is 4.07. The van der Waals surface area contributed by atoms with Gasteiger partial charge in [0.15, 0.2) is 0 Å². The van der Waals surface area contributed by atoms with Gasteiger partial charge in [-0.1, -0.05) is 6.92 Å². The molecule has 4 heteroatoms. The summed E-state index contributed by atoms with van der Waals surface area (Å²) in [6, 6.07) is 0.200. The Kier molecular flexibility index (Phi) is 6.49. The van der Waals surface area contributed by atoms with Gasteiger partial charge in [-0.15, -0.1) is 0 Å². The van der Waals surface area contributed by atoms with Crippen molar-refractivity contribution in [2.24, 2.45) is 5.73 Å². The van der Waals surface area contributed by atoms with Crippen LogP contribution in [0.1, 0.15) is 33.6 Å². The van der Waals surface area contributed by atoms with Crippen molar-refractivity contribution in [3.8, 4) is 0 Å². The Labute approximate surface area is 87.0 Å². The molecule has 0 fully saturated rings. The average molecular weight is 201 g/mol. The Morgan fingerprint density at radius 3 is 2.36 bits per heavy atom. The first-order valence-corrected chi connectivity index (χ1v) is 5.27. The van der Waals surface area contributed by atoms with Crippen molar-refractivity contribution in [2.45, 2.75) is 39.7 Å². The van der Waals surface area contributed by atoms with Crippen LogP contribution in [0.15, 0.2) is 0 Å². The molecule has 14 heavy (non-hydrogen) atoms. The second kappa shape index (κ2) is 6.79. The van der Waals surface area contributed by atoms with Crippen molar-refractivity contribution in [2.75, 3.05) is 20.1 Å². The Bertz CT molecular complexity index is 171. The SMILES string of the molecule is CCCN(C)N(C(=O)CCN)C(C)C. The molecule has 0 bridgehead atoms. The van der Waals surface area contributed by atoms with Crippen LogP contribution in [0.2, 0.25) is 0 Å². The minimum atomic E-state index is 0.110. The number of carbonyl (C=O) groups excluding carboxylic acids is 1. The van der Waals surface area contributed by atoms with E-state index in [0.29, 0.717) is 13.0 Å². The first-order chi connectivity index (χ1) is 6.54. The molecule has 0 unspecified atom stereocenters. The van der Waals surface area contributed by atoms with Crippen LogP contribution in [0, 0.1) is 0 Å². The molecule has 0 aliphatic heterocycles. The van der Waals surface area contributed by atoms with Crippen LogP contribution in [-0.2, 0) is 4.79 Å². The maximum atomic E-state index is 11.7. The lowest BCUT2D eigenvalue weighted by Gasteiger charge is -2.35. The molecule has 0 radical (unpaired) electrons. The molecular formula is C10H23N3O. The Balaban J connectivity index is 4.34.